The third-order valence-electron chi connectivity index (χ3n) is 6.96. The van der Waals surface area contributed by atoms with Crippen LogP contribution in [-0.4, -0.2) is 85.3 Å². The number of morpholine rings is 1. The van der Waals surface area contributed by atoms with Crippen molar-refractivity contribution in [1.29, 1.82) is 0 Å². The van der Waals surface area contributed by atoms with Gasteiger partial charge in [-0.25, -0.2) is 4.98 Å². The van der Waals surface area contributed by atoms with Crippen LogP contribution in [0.3, 0.4) is 0 Å². The molecule has 0 aliphatic carbocycles. The molecule has 2 saturated heterocycles. The first-order valence-electron chi connectivity index (χ1n) is 11.7. The van der Waals surface area contributed by atoms with Gasteiger partial charge in [0.2, 0.25) is 0 Å². The number of halogens is 1. The second-order valence-electron chi connectivity index (χ2n) is 8.74. The number of pyridine rings is 1. The van der Waals surface area contributed by atoms with Crippen LogP contribution in [0.15, 0.2) is 30.6 Å². The van der Waals surface area contributed by atoms with E-state index in [0.29, 0.717) is 28.0 Å². The number of aromatic amines is 1. The lowest BCUT2D eigenvalue weighted by atomic mass is 9.99. The van der Waals surface area contributed by atoms with Gasteiger partial charge in [-0.15, -0.1) is 0 Å². The lowest BCUT2D eigenvalue weighted by Gasteiger charge is -2.40. The molecule has 2 fully saturated rings. The lowest BCUT2D eigenvalue weighted by Crippen LogP contribution is -2.50. The summed E-state index contributed by atoms with van der Waals surface area (Å²) in [6.07, 6.45) is 5.51. The number of H-pyrrole nitrogens is 1. The number of aromatic nitrogens is 2. The molecule has 0 spiro atoms. The Kier molecular flexibility index (Phi) is 6.63. The molecule has 1 aromatic carbocycles. The molecule has 1 amide bonds. The number of amides is 1. The Hall–Kier alpha value is -2.81. The minimum Gasteiger partial charge on any atom is -0.496 e. The van der Waals surface area contributed by atoms with E-state index >= 15 is 0 Å². The van der Waals surface area contributed by atoms with E-state index in [1.807, 2.05) is 30.1 Å². The average molecular weight is 484 g/mol. The van der Waals surface area contributed by atoms with E-state index in [4.69, 9.17) is 21.1 Å². The van der Waals surface area contributed by atoms with E-state index in [1.54, 1.807) is 19.5 Å². The minimum absolute atomic E-state index is 0.0429. The van der Waals surface area contributed by atoms with Crippen molar-refractivity contribution in [2.24, 2.45) is 0 Å². The molecule has 2 aliphatic heterocycles. The quantitative estimate of drug-likeness (QED) is 0.573. The fourth-order valence-electron chi connectivity index (χ4n) is 5.13. The lowest BCUT2D eigenvalue weighted by molar-refractivity contribution is 0.00159. The van der Waals surface area contributed by atoms with Gasteiger partial charge in [0.15, 0.2) is 0 Å². The molecule has 0 unspecified atom stereocenters. The van der Waals surface area contributed by atoms with Crippen molar-refractivity contribution in [3.63, 3.8) is 0 Å². The van der Waals surface area contributed by atoms with Crippen molar-refractivity contribution in [1.82, 2.24) is 19.8 Å². The van der Waals surface area contributed by atoms with Crippen LogP contribution in [0.2, 0.25) is 5.02 Å². The van der Waals surface area contributed by atoms with Gasteiger partial charge >= 0.3 is 0 Å². The van der Waals surface area contributed by atoms with Gasteiger partial charge in [0, 0.05) is 68.4 Å². The van der Waals surface area contributed by atoms with Gasteiger partial charge in [0.1, 0.15) is 11.4 Å². The molecule has 0 radical (unpaired) electrons. The Balaban J connectivity index is 1.37. The monoisotopic (exact) mass is 483 g/mol. The number of carbonyl (C=O) groups excluding carboxylic acids is 1. The van der Waals surface area contributed by atoms with Crippen LogP contribution < -0.4 is 10.1 Å². The number of benzene rings is 1. The molecule has 0 atom stereocenters. The van der Waals surface area contributed by atoms with Crippen molar-refractivity contribution < 1.29 is 14.3 Å². The number of nitrogens with zero attached hydrogens (tertiary/aromatic N) is 3. The number of piperidine rings is 1. The van der Waals surface area contributed by atoms with E-state index < -0.39 is 0 Å². The molecule has 2 aromatic heterocycles. The summed E-state index contributed by atoms with van der Waals surface area (Å²) in [6, 6.07) is 6.16. The number of methoxy groups -OCH3 is 1. The van der Waals surface area contributed by atoms with E-state index in [1.165, 1.54) is 0 Å². The zero-order valence-corrected chi connectivity index (χ0v) is 20.3. The van der Waals surface area contributed by atoms with Gasteiger partial charge in [-0.2, -0.15) is 0 Å². The van der Waals surface area contributed by atoms with Crippen molar-refractivity contribution in [2.45, 2.75) is 18.9 Å². The summed E-state index contributed by atoms with van der Waals surface area (Å²) < 4.78 is 11.2. The average Bonchev–Trinajstić information content (AvgIpc) is 3.28. The predicted molar refractivity (Wildman–Crippen MR) is 134 cm³/mol. The molecule has 9 heteroatoms. The molecule has 0 bridgehead atoms. The number of likely N-dealkylation sites (tertiary alicyclic amines) is 1. The molecule has 34 heavy (non-hydrogen) atoms. The normalized spacial score (nSPS) is 17.8. The van der Waals surface area contributed by atoms with Crippen molar-refractivity contribution in [3.8, 4) is 16.9 Å². The van der Waals surface area contributed by atoms with Crippen molar-refractivity contribution in [2.75, 3.05) is 58.9 Å². The SMILES string of the molecule is CNc1c(-c2ccc(C(=O)N3CCC(N4CCOCC4)CC3)cc2OC)cnc2[nH]cc(Cl)c12. The molecule has 5 rings (SSSR count). The first kappa shape index (κ1) is 23.0. The Morgan fingerprint density at radius 3 is 2.68 bits per heavy atom. The number of hydrogen-bond donors (Lipinski definition) is 2. The molecule has 4 heterocycles. The van der Waals surface area contributed by atoms with E-state index in [2.05, 4.69) is 20.2 Å². The maximum Gasteiger partial charge on any atom is 0.253 e. The van der Waals surface area contributed by atoms with Crippen LogP contribution in [0, 0.1) is 0 Å². The number of anilines is 1. The molecule has 180 valence electrons. The van der Waals surface area contributed by atoms with Gasteiger partial charge in [-0.3, -0.25) is 9.69 Å². The van der Waals surface area contributed by atoms with Crippen molar-refractivity contribution >= 4 is 34.2 Å². The van der Waals surface area contributed by atoms with Gasteiger partial charge in [-0.05, 0) is 31.0 Å². The van der Waals surface area contributed by atoms with Gasteiger partial charge in [0.25, 0.3) is 5.91 Å². The number of rotatable bonds is 5. The number of nitrogens with one attached hydrogen (secondary N) is 2. The predicted octanol–water partition coefficient (Wildman–Crippen LogP) is 3.87. The second kappa shape index (κ2) is 9.82. The van der Waals surface area contributed by atoms with Crippen LogP contribution in [-0.2, 0) is 4.74 Å². The zero-order chi connectivity index (χ0) is 23.7. The summed E-state index contributed by atoms with van der Waals surface area (Å²) in [7, 11) is 3.47. The first-order valence-corrected chi connectivity index (χ1v) is 12.1. The fraction of sp³-hybridized carbons (Fsp3) is 0.440. The second-order valence-corrected chi connectivity index (χ2v) is 9.15. The van der Waals surface area contributed by atoms with Gasteiger partial charge in [-0.1, -0.05) is 11.6 Å². The summed E-state index contributed by atoms with van der Waals surface area (Å²) in [5, 5.41) is 4.67. The summed E-state index contributed by atoms with van der Waals surface area (Å²) >= 11 is 6.40. The van der Waals surface area contributed by atoms with E-state index in [0.717, 1.165) is 74.4 Å². The third-order valence-corrected chi connectivity index (χ3v) is 7.25. The fourth-order valence-corrected chi connectivity index (χ4v) is 5.37. The highest BCUT2D eigenvalue weighted by molar-refractivity contribution is 6.36. The molecule has 2 aliphatic rings. The Morgan fingerprint density at radius 1 is 1.21 bits per heavy atom. The maximum atomic E-state index is 13.3. The van der Waals surface area contributed by atoms with Crippen LogP contribution in [0.5, 0.6) is 5.75 Å². The Morgan fingerprint density at radius 2 is 1.97 bits per heavy atom. The standard InChI is InChI=1S/C25H30ClN5O3/c1-27-23-19(14-28-24-22(23)20(26)15-29-24)18-4-3-16(13-21(18)33-2)25(32)31-7-5-17(6-8-31)30-9-11-34-12-10-30/h3-4,13-15,17H,5-12H2,1-2H3,(H2,27,28,29). The maximum absolute atomic E-state index is 13.3. The highest BCUT2D eigenvalue weighted by Gasteiger charge is 2.28. The van der Waals surface area contributed by atoms with Crippen LogP contribution in [0.25, 0.3) is 22.2 Å². The van der Waals surface area contributed by atoms with Crippen LogP contribution in [0.1, 0.15) is 23.2 Å². The number of carbonyl (C=O) groups is 1. The third kappa shape index (κ3) is 4.21. The Labute approximate surface area is 204 Å². The summed E-state index contributed by atoms with van der Waals surface area (Å²) in [5.74, 6) is 0.666. The van der Waals surface area contributed by atoms with Gasteiger partial charge < -0.3 is 24.7 Å². The largest absolute Gasteiger partial charge is 0.496 e. The number of fused-ring (bicyclic) bond motifs is 1. The zero-order valence-electron chi connectivity index (χ0n) is 19.6. The summed E-state index contributed by atoms with van der Waals surface area (Å²) in [5.41, 5.74) is 3.91. The summed E-state index contributed by atoms with van der Waals surface area (Å²) in [4.78, 5) is 25.4. The highest BCUT2D eigenvalue weighted by atomic mass is 35.5. The molecule has 8 nitrogen and oxygen atoms in total. The highest BCUT2D eigenvalue weighted by Crippen LogP contribution is 2.40. The smallest absolute Gasteiger partial charge is 0.253 e. The number of hydrogen-bond acceptors (Lipinski definition) is 6. The topological polar surface area (TPSA) is 82.7 Å². The van der Waals surface area contributed by atoms with Crippen molar-refractivity contribution in [3.05, 3.63) is 41.2 Å². The molecule has 2 N–H and O–H groups in total. The van der Waals surface area contributed by atoms with Crippen LogP contribution >= 0.6 is 11.6 Å². The molecular formula is C25H30ClN5O3. The van der Waals surface area contributed by atoms with Gasteiger partial charge in [0.05, 0.1) is 36.4 Å². The van der Waals surface area contributed by atoms with Crippen LogP contribution in [0.4, 0.5) is 5.69 Å². The molecular weight excluding hydrogens is 454 g/mol. The molecule has 3 aromatic rings. The van der Waals surface area contributed by atoms with E-state index in [-0.39, 0.29) is 5.91 Å². The van der Waals surface area contributed by atoms with E-state index in [9.17, 15) is 4.79 Å². The first-order chi connectivity index (χ1) is 16.6. The number of ether oxygens (including phenoxy) is 2. The molecule has 0 saturated carbocycles. The Bertz CT molecular complexity index is 1180. The minimum atomic E-state index is 0.0429. The summed E-state index contributed by atoms with van der Waals surface area (Å²) in [6.45, 7) is 5.11.